The highest BCUT2D eigenvalue weighted by Crippen LogP contribution is 2.65. The highest BCUT2D eigenvalue weighted by Gasteiger charge is 2.71. The van der Waals surface area contributed by atoms with E-state index in [-0.39, 0.29) is 29.1 Å². The molecular weight excluding hydrogens is 659 g/mol. The maximum Gasteiger partial charge on any atom is 0.315 e. The number of likely N-dealkylation sites (tertiary alicyclic amines) is 1. The van der Waals surface area contributed by atoms with Gasteiger partial charge < -0.3 is 26.6 Å². The number of sulfone groups is 1. The summed E-state index contributed by atoms with van der Waals surface area (Å²) in [6.45, 7) is 15.1. The van der Waals surface area contributed by atoms with Crippen molar-refractivity contribution in [2.75, 3.05) is 6.54 Å². The zero-order valence-electron chi connectivity index (χ0n) is 31.4. The standard InChI is InChI=1S/C37H61N5O7S/c1-9-23-20-37(23,28(43)29(38)44)40-30(45)26-25-24(34(25,6)7)21-42(26)31(46)27(35(8)16-12-10-13-17-35)39-32(47)41-36(18-14-11-15-19-36)22(2)50(48,49)33(3,4)5/h22-27H,9-21H2,1-8H3,(H2,38,44)(H,40,45)(H2,39,41,47)/t22-,23?,24+,25+,26+,27-,37+/m1/s1. The number of nitrogens with two attached hydrogens (primary N) is 1. The Morgan fingerprint density at radius 2 is 1.46 bits per heavy atom. The average molecular weight is 720 g/mol. The first kappa shape index (κ1) is 38.5. The molecule has 0 aromatic rings. The van der Waals surface area contributed by atoms with Crippen LogP contribution in [0.3, 0.4) is 0 Å². The topological polar surface area (TPSA) is 185 Å². The molecule has 5 N–H and O–H groups in total. The molecule has 1 aliphatic heterocycles. The Morgan fingerprint density at radius 1 is 0.900 bits per heavy atom. The molecule has 5 rings (SSSR count). The number of amides is 5. The molecule has 5 amide bonds. The van der Waals surface area contributed by atoms with E-state index in [2.05, 4.69) is 29.8 Å². The van der Waals surface area contributed by atoms with Crippen LogP contribution in [0, 0.1) is 28.6 Å². The van der Waals surface area contributed by atoms with E-state index in [0.29, 0.717) is 45.1 Å². The Morgan fingerprint density at radius 3 is 1.96 bits per heavy atom. The summed E-state index contributed by atoms with van der Waals surface area (Å²) in [5.41, 5.74) is 2.27. The zero-order valence-corrected chi connectivity index (χ0v) is 32.3. The van der Waals surface area contributed by atoms with E-state index in [1.807, 2.05) is 13.8 Å². The van der Waals surface area contributed by atoms with Gasteiger partial charge in [0.25, 0.3) is 5.91 Å². The third kappa shape index (κ3) is 6.46. The highest BCUT2D eigenvalue weighted by molar-refractivity contribution is 7.93. The van der Waals surface area contributed by atoms with Crippen LogP contribution in [0.4, 0.5) is 4.79 Å². The molecule has 0 radical (unpaired) electrons. The molecule has 12 nitrogen and oxygen atoms in total. The Labute approximate surface area is 298 Å². The molecule has 0 aromatic carbocycles. The maximum absolute atomic E-state index is 14.9. The van der Waals surface area contributed by atoms with E-state index >= 15 is 0 Å². The van der Waals surface area contributed by atoms with Gasteiger partial charge in [-0.2, -0.15) is 0 Å². The second-order valence-electron chi connectivity index (χ2n) is 18.1. The number of nitrogens with one attached hydrogen (secondary N) is 3. The Bertz CT molecular complexity index is 1510. The van der Waals surface area contributed by atoms with Gasteiger partial charge in [0.2, 0.25) is 17.6 Å². The van der Waals surface area contributed by atoms with Crippen LogP contribution >= 0.6 is 0 Å². The number of carbonyl (C=O) groups is 5. The van der Waals surface area contributed by atoms with Crippen LogP contribution in [0.2, 0.25) is 0 Å². The lowest BCUT2D eigenvalue weighted by molar-refractivity contribution is -0.146. The van der Waals surface area contributed by atoms with Gasteiger partial charge in [0.15, 0.2) is 9.84 Å². The largest absolute Gasteiger partial charge is 0.363 e. The molecule has 7 atom stereocenters. The Balaban J connectivity index is 1.44. The molecule has 13 heteroatoms. The number of Topliss-reactive ketones (excluding diaryl/α,β-unsaturated/α-hetero) is 1. The zero-order chi connectivity index (χ0) is 37.2. The van der Waals surface area contributed by atoms with Crippen molar-refractivity contribution >= 4 is 39.4 Å². The van der Waals surface area contributed by atoms with E-state index in [0.717, 1.165) is 38.5 Å². The number of carbonyl (C=O) groups excluding carboxylic acids is 5. The van der Waals surface area contributed by atoms with Crippen LogP contribution in [-0.4, -0.2) is 82.6 Å². The Kier molecular flexibility index (Phi) is 10.1. The van der Waals surface area contributed by atoms with E-state index in [4.69, 9.17) is 5.73 Å². The summed E-state index contributed by atoms with van der Waals surface area (Å²) in [5.74, 6) is -3.02. The van der Waals surface area contributed by atoms with Gasteiger partial charge in [-0.3, -0.25) is 19.2 Å². The predicted octanol–water partition coefficient (Wildman–Crippen LogP) is 3.75. The normalized spacial score (nSPS) is 32.1. The molecule has 0 aromatic heterocycles. The average Bonchev–Trinajstić information content (AvgIpc) is 3.80. The van der Waals surface area contributed by atoms with Crippen molar-refractivity contribution in [1.82, 2.24) is 20.9 Å². The van der Waals surface area contributed by atoms with E-state index < -0.39 is 72.0 Å². The first-order valence-corrected chi connectivity index (χ1v) is 20.4. The molecule has 4 saturated carbocycles. The van der Waals surface area contributed by atoms with Gasteiger partial charge in [0.1, 0.15) is 17.6 Å². The second kappa shape index (κ2) is 13.1. The number of nitrogens with zero attached hydrogens (tertiary/aromatic N) is 1. The SMILES string of the molecule is CCC1C[C@@]1(NC(=O)[C@@H]1[C@@H]2[C@H](CN1C(=O)[C@@H](NC(=O)NC1([C@@H](C)S(=O)(=O)C(C)(C)C)CCCCC1)C1(C)CCCCC1)C2(C)C)C(=O)C(N)=O. The van der Waals surface area contributed by atoms with Crippen molar-refractivity contribution in [3.05, 3.63) is 0 Å². The summed E-state index contributed by atoms with van der Waals surface area (Å²) in [4.78, 5) is 69.8. The molecule has 4 aliphatic carbocycles. The highest BCUT2D eigenvalue weighted by atomic mass is 32.2. The van der Waals surface area contributed by atoms with Crippen molar-refractivity contribution in [3.63, 3.8) is 0 Å². The van der Waals surface area contributed by atoms with Gasteiger partial charge in [0, 0.05) is 6.54 Å². The van der Waals surface area contributed by atoms with Crippen LogP contribution in [0.5, 0.6) is 0 Å². The molecule has 1 unspecified atom stereocenters. The van der Waals surface area contributed by atoms with E-state index in [1.54, 1.807) is 32.6 Å². The van der Waals surface area contributed by atoms with Gasteiger partial charge >= 0.3 is 6.03 Å². The van der Waals surface area contributed by atoms with Crippen LogP contribution in [0.25, 0.3) is 0 Å². The molecule has 1 heterocycles. The summed E-state index contributed by atoms with van der Waals surface area (Å²) in [6, 6.07) is -2.41. The number of urea groups is 1. The number of primary amides is 1. The van der Waals surface area contributed by atoms with Crippen molar-refractivity contribution in [3.8, 4) is 0 Å². The minimum Gasteiger partial charge on any atom is -0.363 e. The fourth-order valence-electron chi connectivity index (χ4n) is 10.0. The maximum atomic E-state index is 14.9. The van der Waals surface area contributed by atoms with Crippen LogP contribution < -0.4 is 21.7 Å². The van der Waals surface area contributed by atoms with Crippen molar-refractivity contribution in [2.24, 2.45) is 34.3 Å². The number of hydrogen-bond donors (Lipinski definition) is 4. The lowest BCUT2D eigenvalue weighted by Crippen LogP contribution is -2.66. The number of rotatable bonds is 11. The van der Waals surface area contributed by atoms with E-state index in [1.165, 1.54) is 0 Å². The predicted molar refractivity (Wildman–Crippen MR) is 190 cm³/mol. The monoisotopic (exact) mass is 719 g/mol. The number of fused-ring (bicyclic) bond motifs is 1. The summed E-state index contributed by atoms with van der Waals surface area (Å²) in [7, 11) is -3.64. The molecule has 5 fully saturated rings. The lowest BCUT2D eigenvalue weighted by atomic mass is 9.70. The summed E-state index contributed by atoms with van der Waals surface area (Å²) in [5, 5.41) is 8.23. The molecule has 282 valence electrons. The molecule has 5 aliphatic rings. The smallest absolute Gasteiger partial charge is 0.315 e. The molecule has 0 spiro atoms. The summed E-state index contributed by atoms with van der Waals surface area (Å²) < 4.78 is 26.5. The second-order valence-corrected chi connectivity index (χ2v) is 21.1. The van der Waals surface area contributed by atoms with E-state index in [9.17, 15) is 32.4 Å². The minimum absolute atomic E-state index is 0.0637. The van der Waals surface area contributed by atoms with Gasteiger partial charge in [0.05, 0.1) is 15.5 Å². The first-order valence-electron chi connectivity index (χ1n) is 18.9. The summed E-state index contributed by atoms with van der Waals surface area (Å²) in [6.07, 6.45) is 8.70. The van der Waals surface area contributed by atoms with Crippen LogP contribution in [-0.2, 0) is 29.0 Å². The van der Waals surface area contributed by atoms with Gasteiger partial charge in [-0.25, -0.2) is 13.2 Å². The summed E-state index contributed by atoms with van der Waals surface area (Å²) >= 11 is 0. The van der Waals surface area contributed by atoms with Crippen LogP contribution in [0.15, 0.2) is 0 Å². The van der Waals surface area contributed by atoms with Gasteiger partial charge in [-0.15, -0.1) is 0 Å². The van der Waals surface area contributed by atoms with Gasteiger partial charge in [-0.05, 0) is 88.4 Å². The van der Waals surface area contributed by atoms with Crippen molar-refractivity contribution in [1.29, 1.82) is 0 Å². The minimum atomic E-state index is -3.64. The number of ketones is 1. The fourth-order valence-corrected chi connectivity index (χ4v) is 12.0. The Hall–Kier alpha value is -2.70. The quantitative estimate of drug-likeness (QED) is 0.234. The third-order valence-electron chi connectivity index (χ3n) is 13.8. The van der Waals surface area contributed by atoms with Crippen LogP contribution in [0.1, 0.15) is 132 Å². The molecule has 50 heavy (non-hydrogen) atoms. The number of hydrogen-bond acceptors (Lipinski definition) is 7. The molecular formula is C37H61N5O7S. The number of piperidine rings is 1. The first-order chi connectivity index (χ1) is 23.1. The van der Waals surface area contributed by atoms with Crippen molar-refractivity contribution in [2.45, 2.75) is 166 Å². The third-order valence-corrected chi connectivity index (χ3v) is 16.8. The molecule has 0 bridgehead atoms. The lowest BCUT2D eigenvalue weighted by Gasteiger charge is -2.46. The molecule has 1 saturated heterocycles. The van der Waals surface area contributed by atoms with Gasteiger partial charge in [-0.1, -0.05) is 72.6 Å². The fraction of sp³-hybridized carbons (Fsp3) is 0.865. The van der Waals surface area contributed by atoms with Crippen molar-refractivity contribution < 1.29 is 32.4 Å².